The van der Waals surface area contributed by atoms with Crippen molar-refractivity contribution in [2.75, 3.05) is 24.7 Å². The average molecular weight is 268 g/mol. The summed E-state index contributed by atoms with van der Waals surface area (Å²) in [6.07, 6.45) is 2.36. The van der Waals surface area contributed by atoms with Crippen LogP contribution in [0.5, 0.6) is 0 Å². The predicted molar refractivity (Wildman–Crippen MR) is 71.6 cm³/mol. The summed E-state index contributed by atoms with van der Waals surface area (Å²) in [4.78, 5) is 23.9. The van der Waals surface area contributed by atoms with Crippen molar-refractivity contribution < 1.29 is 14.7 Å². The van der Waals surface area contributed by atoms with E-state index in [-0.39, 0.29) is 13.2 Å². The number of carbonyl (C=O) groups excluding carboxylic acids is 2. The lowest BCUT2D eigenvalue weighted by atomic mass is 10.3. The van der Waals surface area contributed by atoms with Crippen molar-refractivity contribution >= 4 is 29.3 Å². The third-order valence-corrected chi connectivity index (χ3v) is 2.88. The number of benzene rings is 1. The molecule has 98 valence electrons. The first kappa shape index (κ1) is 14.5. The van der Waals surface area contributed by atoms with Crippen LogP contribution in [-0.4, -0.2) is 36.3 Å². The zero-order valence-corrected chi connectivity index (χ0v) is 10.9. The van der Waals surface area contributed by atoms with Crippen molar-refractivity contribution in [3.05, 3.63) is 24.3 Å². The third kappa shape index (κ3) is 4.77. The highest BCUT2D eigenvalue weighted by Gasteiger charge is 2.12. The van der Waals surface area contributed by atoms with Crippen LogP contribution >= 0.6 is 11.8 Å². The number of hydrogen-bond donors (Lipinski definition) is 3. The van der Waals surface area contributed by atoms with Crippen LogP contribution in [0, 0.1) is 0 Å². The summed E-state index contributed by atoms with van der Waals surface area (Å²) in [5.74, 6) is -1.40. The van der Waals surface area contributed by atoms with Gasteiger partial charge in [-0.1, -0.05) is 6.07 Å². The van der Waals surface area contributed by atoms with E-state index in [4.69, 9.17) is 5.11 Å². The number of aliphatic hydroxyl groups excluding tert-OH is 1. The molecule has 0 spiro atoms. The number of nitrogens with one attached hydrogen (secondary N) is 2. The van der Waals surface area contributed by atoms with Crippen molar-refractivity contribution in [2.45, 2.75) is 11.3 Å². The Kier molecular flexibility index (Phi) is 6.24. The van der Waals surface area contributed by atoms with E-state index in [1.807, 2.05) is 18.4 Å². The molecular weight excluding hydrogens is 252 g/mol. The van der Waals surface area contributed by atoms with Gasteiger partial charge >= 0.3 is 11.8 Å². The molecule has 0 aromatic heterocycles. The van der Waals surface area contributed by atoms with Crippen LogP contribution < -0.4 is 10.6 Å². The Bertz CT molecular complexity index is 424. The molecule has 0 radical (unpaired) electrons. The van der Waals surface area contributed by atoms with Gasteiger partial charge in [0, 0.05) is 23.7 Å². The third-order valence-electron chi connectivity index (χ3n) is 2.15. The SMILES string of the molecule is CSc1cccc(NC(=O)C(=O)NCCCO)c1. The summed E-state index contributed by atoms with van der Waals surface area (Å²) in [6.45, 7) is 0.269. The molecule has 0 saturated heterocycles. The molecule has 18 heavy (non-hydrogen) atoms. The molecule has 0 saturated carbocycles. The molecule has 3 N–H and O–H groups in total. The lowest BCUT2D eigenvalue weighted by Crippen LogP contribution is -2.36. The number of aliphatic hydroxyl groups is 1. The molecule has 5 nitrogen and oxygen atoms in total. The van der Waals surface area contributed by atoms with Gasteiger partial charge in [-0.2, -0.15) is 0 Å². The highest BCUT2D eigenvalue weighted by Crippen LogP contribution is 2.18. The molecule has 1 rings (SSSR count). The first-order valence-corrected chi connectivity index (χ1v) is 6.74. The largest absolute Gasteiger partial charge is 0.396 e. The van der Waals surface area contributed by atoms with Crippen molar-refractivity contribution in [2.24, 2.45) is 0 Å². The topological polar surface area (TPSA) is 78.4 Å². The fourth-order valence-electron chi connectivity index (χ4n) is 1.25. The number of amides is 2. The Morgan fingerprint density at radius 1 is 1.33 bits per heavy atom. The molecule has 1 aromatic rings. The van der Waals surface area contributed by atoms with Crippen LogP contribution in [0.4, 0.5) is 5.69 Å². The molecule has 0 aliphatic heterocycles. The van der Waals surface area contributed by atoms with Crippen LogP contribution in [0.25, 0.3) is 0 Å². The van der Waals surface area contributed by atoms with Crippen LogP contribution in [-0.2, 0) is 9.59 Å². The van der Waals surface area contributed by atoms with Gasteiger partial charge in [-0.15, -0.1) is 11.8 Å². The molecular formula is C12H16N2O3S. The Balaban J connectivity index is 2.50. The molecule has 1 aromatic carbocycles. The molecule has 0 aliphatic rings. The van der Waals surface area contributed by atoms with Gasteiger partial charge in [-0.05, 0) is 30.9 Å². The summed E-state index contributed by atoms with van der Waals surface area (Å²) >= 11 is 1.56. The second-order valence-corrected chi connectivity index (χ2v) is 4.40. The van der Waals surface area contributed by atoms with Crippen molar-refractivity contribution in [1.82, 2.24) is 5.32 Å². The van der Waals surface area contributed by atoms with E-state index in [1.165, 1.54) is 0 Å². The maximum atomic E-state index is 11.5. The van der Waals surface area contributed by atoms with Crippen LogP contribution in [0.1, 0.15) is 6.42 Å². The summed E-state index contributed by atoms with van der Waals surface area (Å²) in [6, 6.07) is 7.24. The summed E-state index contributed by atoms with van der Waals surface area (Å²) < 4.78 is 0. The van der Waals surface area contributed by atoms with Gasteiger partial charge < -0.3 is 15.7 Å². The van der Waals surface area contributed by atoms with E-state index in [0.29, 0.717) is 12.1 Å². The van der Waals surface area contributed by atoms with Crippen LogP contribution in [0.2, 0.25) is 0 Å². The second-order valence-electron chi connectivity index (χ2n) is 3.52. The van der Waals surface area contributed by atoms with Gasteiger partial charge in [0.15, 0.2) is 0 Å². The maximum Gasteiger partial charge on any atom is 0.313 e. The lowest BCUT2D eigenvalue weighted by Gasteiger charge is -2.06. The Morgan fingerprint density at radius 3 is 2.78 bits per heavy atom. The Morgan fingerprint density at radius 2 is 2.11 bits per heavy atom. The van der Waals surface area contributed by atoms with E-state index in [9.17, 15) is 9.59 Å². The average Bonchev–Trinajstić information content (AvgIpc) is 2.39. The number of carbonyl (C=O) groups is 2. The molecule has 0 bridgehead atoms. The van der Waals surface area contributed by atoms with Crippen molar-refractivity contribution in [1.29, 1.82) is 0 Å². The molecule has 0 fully saturated rings. The van der Waals surface area contributed by atoms with Crippen molar-refractivity contribution in [3.63, 3.8) is 0 Å². The molecule has 0 unspecified atom stereocenters. The van der Waals surface area contributed by atoms with Gasteiger partial charge in [0.05, 0.1) is 0 Å². The highest BCUT2D eigenvalue weighted by atomic mass is 32.2. The Labute approximate surface area is 110 Å². The summed E-state index contributed by atoms with van der Waals surface area (Å²) in [7, 11) is 0. The standard InChI is InChI=1S/C12H16N2O3S/c1-18-10-5-2-4-9(8-10)14-12(17)11(16)13-6-3-7-15/h2,4-5,8,15H,3,6-7H2,1H3,(H,13,16)(H,14,17). The maximum absolute atomic E-state index is 11.5. The van der Waals surface area contributed by atoms with E-state index in [1.54, 1.807) is 23.9 Å². The van der Waals surface area contributed by atoms with E-state index < -0.39 is 11.8 Å². The fraction of sp³-hybridized carbons (Fsp3) is 0.333. The van der Waals surface area contributed by atoms with Gasteiger partial charge in [-0.3, -0.25) is 9.59 Å². The summed E-state index contributed by atoms with van der Waals surface area (Å²) in [5.41, 5.74) is 0.587. The first-order valence-electron chi connectivity index (χ1n) is 5.51. The minimum absolute atomic E-state index is 0.0162. The molecule has 0 heterocycles. The summed E-state index contributed by atoms with van der Waals surface area (Å²) in [5, 5.41) is 13.5. The zero-order valence-electron chi connectivity index (χ0n) is 10.1. The number of thioether (sulfide) groups is 1. The fourth-order valence-corrected chi connectivity index (χ4v) is 1.71. The molecule has 6 heteroatoms. The van der Waals surface area contributed by atoms with E-state index in [2.05, 4.69) is 10.6 Å². The number of rotatable bonds is 5. The normalized spacial score (nSPS) is 9.89. The van der Waals surface area contributed by atoms with Crippen LogP contribution in [0.3, 0.4) is 0 Å². The minimum atomic E-state index is -0.703. The first-order chi connectivity index (χ1) is 8.67. The second kappa shape index (κ2) is 7.73. The van der Waals surface area contributed by atoms with Crippen molar-refractivity contribution in [3.8, 4) is 0 Å². The monoisotopic (exact) mass is 268 g/mol. The van der Waals surface area contributed by atoms with Crippen LogP contribution in [0.15, 0.2) is 29.2 Å². The Hall–Kier alpha value is -1.53. The predicted octanol–water partition coefficient (Wildman–Crippen LogP) is 0.846. The smallest absolute Gasteiger partial charge is 0.313 e. The number of hydrogen-bond acceptors (Lipinski definition) is 4. The van der Waals surface area contributed by atoms with Gasteiger partial charge in [-0.25, -0.2) is 0 Å². The van der Waals surface area contributed by atoms with Gasteiger partial charge in [0.1, 0.15) is 0 Å². The number of anilines is 1. The van der Waals surface area contributed by atoms with Gasteiger partial charge in [0.25, 0.3) is 0 Å². The quantitative estimate of drug-likeness (QED) is 0.420. The highest BCUT2D eigenvalue weighted by molar-refractivity contribution is 7.98. The minimum Gasteiger partial charge on any atom is -0.396 e. The van der Waals surface area contributed by atoms with Gasteiger partial charge in [0.2, 0.25) is 0 Å². The molecule has 2 amide bonds. The molecule has 0 aliphatic carbocycles. The zero-order chi connectivity index (χ0) is 13.4. The molecule has 0 atom stereocenters. The lowest BCUT2D eigenvalue weighted by molar-refractivity contribution is -0.136. The van der Waals surface area contributed by atoms with E-state index >= 15 is 0 Å². The van der Waals surface area contributed by atoms with E-state index in [0.717, 1.165) is 4.90 Å².